The number of benzene rings is 2. The highest BCUT2D eigenvalue weighted by Gasteiger charge is 2.20. The van der Waals surface area contributed by atoms with E-state index in [9.17, 15) is 4.79 Å². The molecule has 2 aromatic carbocycles. The number of rotatable bonds is 7. The van der Waals surface area contributed by atoms with Crippen molar-refractivity contribution in [2.45, 2.75) is 53.2 Å². The van der Waals surface area contributed by atoms with Crippen molar-refractivity contribution >= 4 is 5.91 Å². The topological polar surface area (TPSA) is 47.6 Å². The van der Waals surface area contributed by atoms with Gasteiger partial charge in [-0.1, -0.05) is 31.2 Å². The quantitative estimate of drug-likeness (QED) is 0.786. The Morgan fingerprint density at radius 3 is 2.38 bits per heavy atom. The highest BCUT2D eigenvalue weighted by molar-refractivity contribution is 5.81. The Balaban J connectivity index is 2.08. The van der Waals surface area contributed by atoms with Crippen molar-refractivity contribution in [2.24, 2.45) is 0 Å². The number of aryl methyl sites for hydroxylation is 3. The van der Waals surface area contributed by atoms with Crippen molar-refractivity contribution < 1.29 is 14.3 Å². The molecule has 2 rings (SSSR count). The summed E-state index contributed by atoms with van der Waals surface area (Å²) in [7, 11) is 1.66. The molecule has 0 spiro atoms. The molecule has 0 saturated heterocycles. The van der Waals surface area contributed by atoms with E-state index in [0.29, 0.717) is 0 Å². The van der Waals surface area contributed by atoms with E-state index in [-0.39, 0.29) is 11.9 Å². The Hall–Kier alpha value is -2.49. The molecule has 4 heteroatoms. The van der Waals surface area contributed by atoms with Crippen LogP contribution in [0.4, 0.5) is 0 Å². The predicted molar refractivity (Wildman–Crippen MR) is 105 cm³/mol. The third-order valence-electron chi connectivity index (χ3n) is 4.56. The Morgan fingerprint density at radius 2 is 1.77 bits per heavy atom. The summed E-state index contributed by atoms with van der Waals surface area (Å²) in [6.45, 7) is 9.83. The monoisotopic (exact) mass is 355 g/mol. The number of hydrogen-bond acceptors (Lipinski definition) is 3. The van der Waals surface area contributed by atoms with Crippen molar-refractivity contribution in [2.75, 3.05) is 7.11 Å². The van der Waals surface area contributed by atoms with Gasteiger partial charge in [0.05, 0.1) is 13.2 Å². The van der Waals surface area contributed by atoms with Gasteiger partial charge < -0.3 is 14.8 Å². The Bertz CT molecular complexity index is 770. The largest absolute Gasteiger partial charge is 0.496 e. The average Bonchev–Trinajstić information content (AvgIpc) is 2.62. The molecule has 1 N–H and O–H groups in total. The SMILES string of the molecule is CCC(NC(=O)C(C)Oc1cc(C)ccc1C)c1ccc(OC)c(C)c1. The summed E-state index contributed by atoms with van der Waals surface area (Å²) in [5, 5.41) is 3.10. The summed E-state index contributed by atoms with van der Waals surface area (Å²) in [5.41, 5.74) is 4.25. The number of hydrogen-bond donors (Lipinski definition) is 1. The summed E-state index contributed by atoms with van der Waals surface area (Å²) in [6, 6.07) is 11.9. The highest BCUT2D eigenvalue weighted by atomic mass is 16.5. The summed E-state index contributed by atoms with van der Waals surface area (Å²) in [4.78, 5) is 12.6. The lowest BCUT2D eigenvalue weighted by molar-refractivity contribution is -0.128. The van der Waals surface area contributed by atoms with Crippen LogP contribution in [-0.4, -0.2) is 19.1 Å². The van der Waals surface area contributed by atoms with E-state index >= 15 is 0 Å². The lowest BCUT2D eigenvalue weighted by Gasteiger charge is -2.22. The number of methoxy groups -OCH3 is 1. The zero-order valence-corrected chi connectivity index (χ0v) is 16.6. The minimum atomic E-state index is -0.566. The molecule has 1 amide bonds. The second-order valence-corrected chi connectivity index (χ2v) is 6.73. The molecule has 0 saturated carbocycles. The number of ether oxygens (including phenoxy) is 2. The van der Waals surface area contributed by atoms with Crippen LogP contribution in [0.3, 0.4) is 0 Å². The van der Waals surface area contributed by atoms with Crippen LogP contribution in [0.5, 0.6) is 11.5 Å². The third kappa shape index (κ3) is 4.78. The molecule has 0 fully saturated rings. The van der Waals surface area contributed by atoms with E-state index in [4.69, 9.17) is 9.47 Å². The molecule has 0 heterocycles. The van der Waals surface area contributed by atoms with Gasteiger partial charge in [-0.25, -0.2) is 0 Å². The maximum atomic E-state index is 12.6. The molecule has 0 aromatic heterocycles. The molecule has 0 aliphatic rings. The van der Waals surface area contributed by atoms with Crippen molar-refractivity contribution in [1.82, 2.24) is 5.32 Å². The normalized spacial score (nSPS) is 13.0. The first kappa shape index (κ1) is 19.8. The van der Waals surface area contributed by atoms with Gasteiger partial charge in [0.1, 0.15) is 11.5 Å². The van der Waals surface area contributed by atoms with Crippen LogP contribution in [0.15, 0.2) is 36.4 Å². The molecular weight excluding hydrogens is 326 g/mol. The number of nitrogens with one attached hydrogen (secondary N) is 1. The van der Waals surface area contributed by atoms with E-state index < -0.39 is 6.10 Å². The highest BCUT2D eigenvalue weighted by Crippen LogP contribution is 2.25. The molecular formula is C22H29NO3. The van der Waals surface area contributed by atoms with Crippen LogP contribution in [0, 0.1) is 20.8 Å². The molecule has 4 nitrogen and oxygen atoms in total. The molecule has 26 heavy (non-hydrogen) atoms. The van der Waals surface area contributed by atoms with Gasteiger partial charge in [0.25, 0.3) is 5.91 Å². The minimum Gasteiger partial charge on any atom is -0.496 e. The van der Waals surface area contributed by atoms with Gasteiger partial charge in [0.15, 0.2) is 6.10 Å². The van der Waals surface area contributed by atoms with Crippen LogP contribution < -0.4 is 14.8 Å². The van der Waals surface area contributed by atoms with E-state index in [0.717, 1.165) is 40.2 Å². The molecule has 140 valence electrons. The van der Waals surface area contributed by atoms with Gasteiger partial charge in [-0.2, -0.15) is 0 Å². The fourth-order valence-electron chi connectivity index (χ4n) is 2.91. The summed E-state index contributed by atoms with van der Waals surface area (Å²) < 4.78 is 11.2. The molecule has 2 aromatic rings. The van der Waals surface area contributed by atoms with Crippen LogP contribution in [-0.2, 0) is 4.79 Å². The zero-order chi connectivity index (χ0) is 19.3. The van der Waals surface area contributed by atoms with Gasteiger partial charge in [-0.3, -0.25) is 4.79 Å². The zero-order valence-electron chi connectivity index (χ0n) is 16.6. The summed E-state index contributed by atoms with van der Waals surface area (Å²) in [6.07, 6.45) is 0.233. The fourth-order valence-corrected chi connectivity index (χ4v) is 2.91. The van der Waals surface area contributed by atoms with Gasteiger partial charge in [-0.15, -0.1) is 0 Å². The lowest BCUT2D eigenvalue weighted by atomic mass is 10.0. The lowest BCUT2D eigenvalue weighted by Crippen LogP contribution is -2.38. The first-order valence-electron chi connectivity index (χ1n) is 9.04. The second kappa shape index (κ2) is 8.75. The first-order valence-corrected chi connectivity index (χ1v) is 9.04. The van der Waals surface area contributed by atoms with Crippen molar-refractivity contribution in [3.63, 3.8) is 0 Å². The van der Waals surface area contributed by atoms with Crippen molar-refractivity contribution in [1.29, 1.82) is 0 Å². The number of carbonyl (C=O) groups excluding carboxylic acids is 1. The predicted octanol–water partition coefficient (Wildman–Crippen LogP) is 4.66. The molecule has 0 radical (unpaired) electrons. The van der Waals surface area contributed by atoms with E-state index in [1.807, 2.05) is 51.1 Å². The maximum absolute atomic E-state index is 12.6. The molecule has 0 aliphatic heterocycles. The first-order chi connectivity index (χ1) is 12.3. The van der Waals surface area contributed by atoms with Gasteiger partial charge in [0.2, 0.25) is 0 Å². The fraction of sp³-hybridized carbons (Fsp3) is 0.409. The van der Waals surface area contributed by atoms with Crippen LogP contribution >= 0.6 is 0 Å². The van der Waals surface area contributed by atoms with Gasteiger partial charge in [0, 0.05) is 0 Å². The molecule has 2 unspecified atom stereocenters. The minimum absolute atomic E-state index is 0.0586. The molecule has 0 aliphatic carbocycles. The maximum Gasteiger partial charge on any atom is 0.261 e. The Morgan fingerprint density at radius 1 is 1.04 bits per heavy atom. The van der Waals surface area contributed by atoms with Gasteiger partial charge in [-0.05, 0) is 68.5 Å². The van der Waals surface area contributed by atoms with Gasteiger partial charge >= 0.3 is 0 Å². The third-order valence-corrected chi connectivity index (χ3v) is 4.56. The molecule has 2 atom stereocenters. The standard InChI is InChI=1S/C22H29NO3/c1-7-19(18-10-11-20(25-6)16(4)13-18)23-22(24)17(5)26-21-12-14(2)8-9-15(21)3/h8-13,17,19H,7H2,1-6H3,(H,23,24). The second-order valence-electron chi connectivity index (χ2n) is 6.73. The Labute approximate surface area is 156 Å². The van der Waals surface area contributed by atoms with E-state index in [1.165, 1.54) is 0 Å². The average molecular weight is 355 g/mol. The van der Waals surface area contributed by atoms with Crippen LogP contribution in [0.25, 0.3) is 0 Å². The smallest absolute Gasteiger partial charge is 0.261 e. The number of amides is 1. The van der Waals surface area contributed by atoms with E-state index in [2.05, 4.69) is 18.3 Å². The van der Waals surface area contributed by atoms with Crippen LogP contribution in [0.1, 0.15) is 48.6 Å². The van der Waals surface area contributed by atoms with Crippen molar-refractivity contribution in [3.8, 4) is 11.5 Å². The summed E-state index contributed by atoms with van der Waals surface area (Å²) in [5.74, 6) is 1.48. The van der Waals surface area contributed by atoms with E-state index in [1.54, 1.807) is 14.0 Å². The van der Waals surface area contributed by atoms with Crippen LogP contribution in [0.2, 0.25) is 0 Å². The Kier molecular flexibility index (Phi) is 6.67. The summed E-state index contributed by atoms with van der Waals surface area (Å²) >= 11 is 0. The van der Waals surface area contributed by atoms with Crippen molar-refractivity contribution in [3.05, 3.63) is 58.7 Å². The molecule has 0 bridgehead atoms. The number of carbonyl (C=O) groups is 1.